The molecule has 0 saturated heterocycles. The van der Waals surface area contributed by atoms with E-state index in [4.69, 9.17) is 9.26 Å². The second-order valence-corrected chi connectivity index (χ2v) is 8.91. The molecule has 0 amide bonds. The van der Waals surface area contributed by atoms with E-state index in [1.54, 1.807) is 29.8 Å². The van der Waals surface area contributed by atoms with Crippen LogP contribution in [0.25, 0.3) is 27.1 Å². The van der Waals surface area contributed by atoms with Crippen LogP contribution in [-0.2, 0) is 5.75 Å². The molecule has 7 nitrogen and oxygen atoms in total. The number of thiophene rings is 2. The highest BCUT2D eigenvalue weighted by Gasteiger charge is 2.20. The van der Waals surface area contributed by atoms with Gasteiger partial charge in [-0.2, -0.15) is 4.98 Å². The summed E-state index contributed by atoms with van der Waals surface area (Å²) in [4.78, 5) is 6.50. The molecule has 0 atom stereocenters. The van der Waals surface area contributed by atoms with E-state index in [-0.39, 0.29) is 0 Å². The van der Waals surface area contributed by atoms with Crippen molar-refractivity contribution < 1.29 is 9.26 Å². The third kappa shape index (κ3) is 3.64. The number of methoxy groups -OCH3 is 1. The van der Waals surface area contributed by atoms with Crippen LogP contribution < -0.4 is 4.74 Å². The monoisotopic (exact) mass is 453 g/mol. The van der Waals surface area contributed by atoms with Gasteiger partial charge in [-0.3, -0.25) is 4.57 Å². The molecule has 0 aliphatic heterocycles. The summed E-state index contributed by atoms with van der Waals surface area (Å²) in [5.74, 6) is 3.13. The van der Waals surface area contributed by atoms with Crippen molar-refractivity contribution in [3.63, 3.8) is 0 Å². The maximum atomic E-state index is 5.58. The molecule has 5 aromatic rings. The summed E-state index contributed by atoms with van der Waals surface area (Å²) in [5, 5.41) is 17.7. The van der Waals surface area contributed by atoms with Gasteiger partial charge in [0, 0.05) is 0 Å². The van der Waals surface area contributed by atoms with E-state index < -0.39 is 0 Å². The van der Waals surface area contributed by atoms with E-state index >= 15 is 0 Å². The number of nitrogens with zero attached hydrogens (tertiary/aromatic N) is 5. The summed E-state index contributed by atoms with van der Waals surface area (Å²) in [6, 6.07) is 15.8. The van der Waals surface area contributed by atoms with E-state index in [9.17, 15) is 0 Å². The molecule has 0 fully saturated rings. The molecular weight excluding hydrogens is 438 g/mol. The fraction of sp³-hybridized carbons (Fsp3) is 0.100. The summed E-state index contributed by atoms with van der Waals surface area (Å²) in [5.41, 5.74) is 0.876. The molecule has 1 aromatic carbocycles. The first-order valence-corrected chi connectivity index (χ1v) is 11.7. The Kier molecular flexibility index (Phi) is 5.35. The average Bonchev–Trinajstić information content (AvgIpc) is 3.57. The molecule has 4 heterocycles. The summed E-state index contributed by atoms with van der Waals surface area (Å²) in [6.07, 6.45) is 0. The molecular formula is C20H15N5O2S3. The van der Waals surface area contributed by atoms with Crippen LogP contribution in [0.2, 0.25) is 0 Å². The van der Waals surface area contributed by atoms with Crippen molar-refractivity contribution in [1.29, 1.82) is 0 Å². The lowest BCUT2D eigenvalue weighted by Gasteiger charge is -2.12. The second kappa shape index (κ2) is 8.42. The molecule has 5 rings (SSSR count). The van der Waals surface area contributed by atoms with Gasteiger partial charge >= 0.3 is 0 Å². The number of benzene rings is 1. The highest BCUT2D eigenvalue weighted by Crippen LogP contribution is 2.35. The first-order chi connectivity index (χ1) is 14.8. The topological polar surface area (TPSA) is 78.9 Å². The van der Waals surface area contributed by atoms with Gasteiger partial charge in [0.1, 0.15) is 5.75 Å². The quantitative estimate of drug-likeness (QED) is 0.305. The maximum Gasteiger partial charge on any atom is 0.237 e. The summed E-state index contributed by atoms with van der Waals surface area (Å²) in [7, 11) is 1.66. The van der Waals surface area contributed by atoms with Gasteiger partial charge in [0.15, 0.2) is 11.0 Å². The van der Waals surface area contributed by atoms with E-state index in [2.05, 4.69) is 20.3 Å². The van der Waals surface area contributed by atoms with E-state index in [0.29, 0.717) is 17.5 Å². The Bertz CT molecular complexity index is 1250. The Morgan fingerprint density at radius 1 is 1.00 bits per heavy atom. The predicted octanol–water partition coefficient (Wildman–Crippen LogP) is 5.41. The van der Waals surface area contributed by atoms with Crippen LogP contribution in [0.5, 0.6) is 5.75 Å². The summed E-state index contributed by atoms with van der Waals surface area (Å²) in [6.45, 7) is 0. The molecule has 0 aliphatic carbocycles. The Morgan fingerprint density at radius 3 is 2.57 bits per heavy atom. The third-order valence-electron chi connectivity index (χ3n) is 4.24. The van der Waals surface area contributed by atoms with Gasteiger partial charge in [-0.05, 0) is 35.0 Å². The van der Waals surface area contributed by atoms with Crippen LogP contribution in [-0.4, -0.2) is 32.0 Å². The van der Waals surface area contributed by atoms with Gasteiger partial charge in [-0.25, -0.2) is 0 Å². The van der Waals surface area contributed by atoms with Gasteiger partial charge in [0.05, 0.1) is 28.3 Å². The Hall–Kier alpha value is -2.95. The van der Waals surface area contributed by atoms with Gasteiger partial charge in [-0.15, -0.1) is 32.9 Å². The van der Waals surface area contributed by atoms with E-state index in [1.165, 1.54) is 11.8 Å². The minimum Gasteiger partial charge on any atom is -0.495 e. The summed E-state index contributed by atoms with van der Waals surface area (Å²) >= 11 is 4.68. The van der Waals surface area contributed by atoms with Crippen molar-refractivity contribution in [2.24, 2.45) is 0 Å². The maximum absolute atomic E-state index is 5.58. The number of hydrogen-bond acceptors (Lipinski definition) is 9. The fourth-order valence-corrected chi connectivity index (χ4v) is 5.04. The molecule has 0 unspecified atom stereocenters. The van der Waals surface area contributed by atoms with E-state index in [1.807, 2.05) is 63.9 Å². The van der Waals surface area contributed by atoms with Crippen molar-refractivity contribution in [2.45, 2.75) is 10.9 Å². The molecule has 10 heteroatoms. The fourth-order valence-electron chi connectivity index (χ4n) is 2.91. The lowest BCUT2D eigenvalue weighted by Crippen LogP contribution is -2.01. The molecule has 0 radical (unpaired) electrons. The molecule has 0 spiro atoms. The zero-order valence-corrected chi connectivity index (χ0v) is 18.2. The SMILES string of the molecule is COc1ccccc1-n1c(SCc2nc(-c3cccs3)no2)nnc1-c1cccs1. The van der Waals surface area contributed by atoms with Crippen LogP contribution in [0.1, 0.15) is 5.89 Å². The lowest BCUT2D eigenvalue weighted by atomic mass is 10.3. The molecule has 0 saturated carbocycles. The van der Waals surface area contributed by atoms with Crippen LogP contribution in [0.3, 0.4) is 0 Å². The number of hydrogen-bond donors (Lipinski definition) is 0. The first-order valence-electron chi connectivity index (χ1n) is 8.95. The molecule has 0 bridgehead atoms. The largest absolute Gasteiger partial charge is 0.495 e. The average molecular weight is 454 g/mol. The smallest absolute Gasteiger partial charge is 0.237 e. The van der Waals surface area contributed by atoms with Crippen molar-refractivity contribution in [3.8, 4) is 32.8 Å². The highest BCUT2D eigenvalue weighted by atomic mass is 32.2. The minimum absolute atomic E-state index is 0.482. The van der Waals surface area contributed by atoms with Crippen LogP contribution in [0.15, 0.2) is 69.0 Å². The van der Waals surface area contributed by atoms with Crippen LogP contribution in [0, 0.1) is 0 Å². The number of aromatic nitrogens is 5. The Morgan fingerprint density at radius 2 is 1.80 bits per heavy atom. The molecule has 0 N–H and O–H groups in total. The Labute approximate surface area is 184 Å². The predicted molar refractivity (Wildman–Crippen MR) is 118 cm³/mol. The number of ether oxygens (including phenoxy) is 1. The van der Waals surface area contributed by atoms with Crippen molar-refractivity contribution >= 4 is 34.4 Å². The third-order valence-corrected chi connectivity index (χ3v) is 6.88. The summed E-state index contributed by atoms with van der Waals surface area (Å²) < 4.78 is 13.0. The first kappa shape index (κ1) is 19.0. The minimum atomic E-state index is 0.482. The van der Waals surface area contributed by atoms with Crippen molar-refractivity contribution in [3.05, 3.63) is 65.2 Å². The van der Waals surface area contributed by atoms with Crippen molar-refractivity contribution in [1.82, 2.24) is 24.9 Å². The molecule has 30 heavy (non-hydrogen) atoms. The zero-order chi connectivity index (χ0) is 20.3. The Balaban J connectivity index is 1.48. The van der Waals surface area contributed by atoms with E-state index in [0.717, 1.165) is 32.2 Å². The lowest BCUT2D eigenvalue weighted by molar-refractivity contribution is 0.391. The van der Waals surface area contributed by atoms with Gasteiger partial charge in [0.2, 0.25) is 11.7 Å². The van der Waals surface area contributed by atoms with Gasteiger partial charge in [-0.1, -0.05) is 41.2 Å². The number of rotatable bonds is 7. The van der Waals surface area contributed by atoms with Gasteiger partial charge < -0.3 is 9.26 Å². The van der Waals surface area contributed by atoms with Crippen LogP contribution in [0.4, 0.5) is 0 Å². The highest BCUT2D eigenvalue weighted by molar-refractivity contribution is 7.98. The molecule has 4 aromatic heterocycles. The molecule has 150 valence electrons. The zero-order valence-electron chi connectivity index (χ0n) is 15.8. The van der Waals surface area contributed by atoms with Crippen molar-refractivity contribution in [2.75, 3.05) is 7.11 Å². The standard InChI is InChI=1S/C20H15N5O2S3/c1-26-14-7-3-2-6-13(14)25-19(16-9-5-11-29-16)22-23-20(25)30-12-17-21-18(24-27-17)15-8-4-10-28-15/h2-11H,12H2,1H3. The normalized spacial score (nSPS) is 11.1. The molecule has 0 aliphatic rings. The second-order valence-electron chi connectivity index (χ2n) is 6.07. The number of para-hydroxylation sites is 2. The van der Waals surface area contributed by atoms with Crippen LogP contribution >= 0.6 is 34.4 Å². The van der Waals surface area contributed by atoms with Gasteiger partial charge in [0.25, 0.3) is 0 Å². The number of thioether (sulfide) groups is 1.